The highest BCUT2D eigenvalue weighted by Crippen LogP contribution is 2.33. The highest BCUT2D eigenvalue weighted by Gasteiger charge is 2.43. The first-order valence-corrected chi connectivity index (χ1v) is 6.58. The second kappa shape index (κ2) is 5.00. The Labute approximate surface area is 112 Å². The molecular formula is C13H20NO5-. The average molecular weight is 270 g/mol. The molecule has 0 saturated carbocycles. The Bertz CT molecular complexity index is 376. The lowest BCUT2D eigenvalue weighted by atomic mass is 9.83. The summed E-state index contributed by atoms with van der Waals surface area (Å²) in [5.41, 5.74) is -0.596. The lowest BCUT2D eigenvalue weighted by Crippen LogP contribution is -2.55. The lowest BCUT2D eigenvalue weighted by Gasteiger charge is -2.40. The fourth-order valence-corrected chi connectivity index (χ4v) is 2.70. The Morgan fingerprint density at radius 3 is 2.58 bits per heavy atom. The quantitative estimate of drug-likeness (QED) is 0.670. The number of carbonyl (C=O) groups is 2. The molecule has 0 aromatic heterocycles. The minimum Gasteiger partial charge on any atom is -0.550 e. The minimum absolute atomic E-state index is 0.0521. The van der Waals surface area contributed by atoms with E-state index in [1.807, 2.05) is 0 Å². The van der Waals surface area contributed by atoms with Crippen LogP contribution in [0.2, 0.25) is 0 Å². The van der Waals surface area contributed by atoms with Crippen molar-refractivity contribution in [1.29, 1.82) is 0 Å². The van der Waals surface area contributed by atoms with Gasteiger partial charge in [0.25, 0.3) is 0 Å². The molecule has 0 spiro atoms. The van der Waals surface area contributed by atoms with Crippen LogP contribution in [-0.4, -0.2) is 48.4 Å². The summed E-state index contributed by atoms with van der Waals surface area (Å²) in [4.78, 5) is 24.6. The van der Waals surface area contributed by atoms with E-state index in [9.17, 15) is 14.7 Å². The van der Waals surface area contributed by atoms with Gasteiger partial charge in [0.2, 0.25) is 0 Å². The molecular weight excluding hydrogens is 250 g/mol. The van der Waals surface area contributed by atoms with Gasteiger partial charge >= 0.3 is 6.09 Å². The van der Waals surface area contributed by atoms with Crippen molar-refractivity contribution in [1.82, 2.24) is 4.90 Å². The molecule has 2 fully saturated rings. The van der Waals surface area contributed by atoms with Gasteiger partial charge in [0.15, 0.2) is 0 Å². The molecule has 0 aliphatic carbocycles. The van der Waals surface area contributed by atoms with Crippen molar-refractivity contribution < 1.29 is 24.2 Å². The van der Waals surface area contributed by atoms with Crippen molar-refractivity contribution in [2.24, 2.45) is 11.8 Å². The summed E-state index contributed by atoms with van der Waals surface area (Å²) in [7, 11) is 0. The monoisotopic (exact) mass is 270 g/mol. The first-order chi connectivity index (χ1) is 8.78. The third kappa shape index (κ3) is 3.18. The highest BCUT2D eigenvalue weighted by molar-refractivity contribution is 5.72. The van der Waals surface area contributed by atoms with E-state index in [2.05, 4.69) is 0 Å². The van der Waals surface area contributed by atoms with Gasteiger partial charge in [0.1, 0.15) is 5.60 Å². The number of rotatable bonds is 1. The number of ether oxygens (including phenoxy) is 2. The fourth-order valence-electron chi connectivity index (χ4n) is 2.70. The van der Waals surface area contributed by atoms with Crippen molar-refractivity contribution in [2.75, 3.05) is 19.7 Å². The summed E-state index contributed by atoms with van der Waals surface area (Å²) < 4.78 is 10.8. The van der Waals surface area contributed by atoms with Crippen LogP contribution >= 0.6 is 0 Å². The van der Waals surface area contributed by atoms with Crippen molar-refractivity contribution >= 4 is 12.1 Å². The number of fused-ring (bicyclic) bond motifs is 1. The van der Waals surface area contributed by atoms with Crippen LogP contribution in [0.1, 0.15) is 27.2 Å². The van der Waals surface area contributed by atoms with Crippen molar-refractivity contribution in [3.63, 3.8) is 0 Å². The predicted octanol–water partition coefficient (Wildman–Crippen LogP) is 0.00830. The van der Waals surface area contributed by atoms with Gasteiger partial charge in [-0.05, 0) is 33.1 Å². The molecule has 108 valence electrons. The number of amides is 1. The molecule has 2 rings (SSSR count). The molecule has 0 bridgehead atoms. The number of carboxylic acid groups (broad SMARTS) is 1. The van der Waals surface area contributed by atoms with Crippen molar-refractivity contribution in [3.8, 4) is 0 Å². The van der Waals surface area contributed by atoms with Crippen LogP contribution in [0.4, 0.5) is 4.79 Å². The topological polar surface area (TPSA) is 78.9 Å². The van der Waals surface area contributed by atoms with Gasteiger partial charge in [-0.15, -0.1) is 0 Å². The second-order valence-electron chi connectivity index (χ2n) is 6.17. The Morgan fingerprint density at radius 1 is 1.32 bits per heavy atom. The molecule has 6 heteroatoms. The van der Waals surface area contributed by atoms with Gasteiger partial charge in [0.05, 0.1) is 12.6 Å². The van der Waals surface area contributed by atoms with Crippen molar-refractivity contribution in [3.05, 3.63) is 0 Å². The zero-order valence-electron chi connectivity index (χ0n) is 11.5. The Hall–Kier alpha value is -1.30. The third-order valence-electron chi connectivity index (χ3n) is 3.55. The maximum Gasteiger partial charge on any atom is 0.410 e. The molecule has 0 aromatic rings. The number of carboxylic acids is 1. The van der Waals surface area contributed by atoms with E-state index in [0.29, 0.717) is 19.6 Å². The van der Waals surface area contributed by atoms with E-state index in [0.717, 1.165) is 0 Å². The normalized spacial score (nSPS) is 30.9. The number of hydrogen-bond acceptors (Lipinski definition) is 5. The number of hydrogen-bond donors (Lipinski definition) is 0. The molecule has 2 aliphatic heterocycles. The lowest BCUT2D eigenvalue weighted by molar-refractivity contribution is -0.315. The minimum atomic E-state index is -1.12. The van der Waals surface area contributed by atoms with Gasteiger partial charge in [-0.25, -0.2) is 4.79 Å². The van der Waals surface area contributed by atoms with E-state index < -0.39 is 23.6 Å². The standard InChI is InChI=1S/C13H21NO5/c1-13(2,3)19-12(17)14-6-9(11(15)16)8-4-5-18-10(8)7-14/h8-10H,4-7H2,1-3H3,(H,15,16)/p-1. The molecule has 0 radical (unpaired) electrons. The smallest absolute Gasteiger partial charge is 0.410 e. The van der Waals surface area contributed by atoms with Crippen LogP contribution in [0.25, 0.3) is 0 Å². The highest BCUT2D eigenvalue weighted by atomic mass is 16.6. The van der Waals surface area contributed by atoms with Crippen LogP contribution in [-0.2, 0) is 14.3 Å². The predicted molar refractivity (Wildman–Crippen MR) is 64.2 cm³/mol. The zero-order valence-corrected chi connectivity index (χ0v) is 11.5. The van der Waals surface area contributed by atoms with Gasteiger partial charge in [-0.1, -0.05) is 0 Å². The Kier molecular flexibility index (Phi) is 3.71. The maximum atomic E-state index is 12.0. The van der Waals surface area contributed by atoms with E-state index in [4.69, 9.17) is 9.47 Å². The van der Waals surface area contributed by atoms with Gasteiger partial charge in [0, 0.05) is 25.0 Å². The molecule has 1 amide bonds. The molecule has 0 N–H and O–H groups in total. The molecule has 2 aliphatic rings. The van der Waals surface area contributed by atoms with E-state index in [1.165, 1.54) is 4.90 Å². The van der Waals surface area contributed by atoms with Crippen LogP contribution in [0, 0.1) is 11.8 Å². The molecule has 6 nitrogen and oxygen atoms in total. The van der Waals surface area contributed by atoms with E-state index in [-0.39, 0.29) is 18.6 Å². The van der Waals surface area contributed by atoms with Crippen LogP contribution in [0.15, 0.2) is 0 Å². The summed E-state index contributed by atoms with van der Waals surface area (Å²) in [5.74, 6) is -1.84. The summed E-state index contributed by atoms with van der Waals surface area (Å²) >= 11 is 0. The third-order valence-corrected chi connectivity index (χ3v) is 3.55. The number of nitrogens with zero attached hydrogens (tertiary/aromatic N) is 1. The first kappa shape index (κ1) is 14.1. The second-order valence-corrected chi connectivity index (χ2v) is 6.17. The number of piperidine rings is 1. The van der Waals surface area contributed by atoms with Crippen LogP contribution in [0.5, 0.6) is 0 Å². The molecule has 3 atom stereocenters. The number of likely N-dealkylation sites (tertiary alicyclic amines) is 1. The maximum absolute atomic E-state index is 12.0. The first-order valence-electron chi connectivity index (χ1n) is 6.58. The summed E-state index contributed by atoms with van der Waals surface area (Å²) in [6.07, 6.45) is 0.00253. The SMILES string of the molecule is CC(C)(C)OC(=O)N1CC2OCCC2C(C(=O)[O-])C1. The summed E-state index contributed by atoms with van der Waals surface area (Å²) in [6.45, 7) is 6.41. The van der Waals surface area contributed by atoms with E-state index >= 15 is 0 Å². The Morgan fingerprint density at radius 2 is 2.00 bits per heavy atom. The van der Waals surface area contributed by atoms with Crippen LogP contribution in [0.3, 0.4) is 0 Å². The average Bonchev–Trinajstić information content (AvgIpc) is 2.72. The molecule has 2 heterocycles. The van der Waals surface area contributed by atoms with E-state index in [1.54, 1.807) is 20.8 Å². The molecule has 3 unspecified atom stereocenters. The Balaban J connectivity index is 2.07. The zero-order chi connectivity index (χ0) is 14.2. The molecule has 2 saturated heterocycles. The largest absolute Gasteiger partial charge is 0.550 e. The number of carbonyl (C=O) groups excluding carboxylic acids is 2. The summed E-state index contributed by atoms with van der Waals surface area (Å²) in [6, 6.07) is 0. The van der Waals surface area contributed by atoms with Gasteiger partial charge in [-0.2, -0.15) is 0 Å². The summed E-state index contributed by atoms with van der Waals surface area (Å²) in [5, 5.41) is 11.2. The fraction of sp³-hybridized carbons (Fsp3) is 0.846. The van der Waals surface area contributed by atoms with Crippen molar-refractivity contribution in [2.45, 2.75) is 38.9 Å². The molecule has 0 aromatic carbocycles. The van der Waals surface area contributed by atoms with Gasteiger partial charge < -0.3 is 24.3 Å². The molecule has 19 heavy (non-hydrogen) atoms. The van der Waals surface area contributed by atoms with Gasteiger partial charge in [-0.3, -0.25) is 0 Å². The number of aliphatic carboxylic acids is 1. The van der Waals surface area contributed by atoms with Crippen LogP contribution < -0.4 is 5.11 Å².